The Bertz CT molecular complexity index is 493. The fraction of sp³-hybridized carbons (Fsp3) is 0.562. The number of aryl methyl sites for hydroxylation is 1. The van der Waals surface area contributed by atoms with Crippen molar-refractivity contribution in [3.05, 3.63) is 28.2 Å². The first kappa shape index (κ1) is 15.5. The maximum Gasteiger partial charge on any atom is 0.241 e. The number of carbonyl (C=O) groups is 1. The van der Waals surface area contributed by atoms with Crippen LogP contribution in [0.25, 0.3) is 0 Å². The van der Waals surface area contributed by atoms with Gasteiger partial charge in [0.05, 0.1) is 6.04 Å². The molecule has 1 amide bonds. The first-order chi connectivity index (χ1) is 9.40. The summed E-state index contributed by atoms with van der Waals surface area (Å²) in [5.41, 5.74) is 1.99. The normalized spacial score (nSPS) is 24.6. The number of carbonyl (C=O) groups excluding carboxylic acids is 1. The summed E-state index contributed by atoms with van der Waals surface area (Å²) < 4.78 is 1.06. The van der Waals surface area contributed by atoms with Gasteiger partial charge < -0.3 is 5.32 Å². The molecule has 1 aromatic rings. The van der Waals surface area contributed by atoms with E-state index in [-0.39, 0.29) is 11.9 Å². The molecule has 1 saturated heterocycles. The highest BCUT2D eigenvalue weighted by Gasteiger charge is 2.34. The van der Waals surface area contributed by atoms with Gasteiger partial charge >= 0.3 is 0 Å². The van der Waals surface area contributed by atoms with Crippen LogP contribution in [-0.2, 0) is 4.79 Å². The third-order valence-corrected chi connectivity index (χ3v) is 5.16. The Hall–Kier alpha value is -0.870. The van der Waals surface area contributed by atoms with Gasteiger partial charge in [-0.1, -0.05) is 15.9 Å². The summed E-state index contributed by atoms with van der Waals surface area (Å²) >= 11 is 3.47. The van der Waals surface area contributed by atoms with E-state index >= 15 is 0 Å². The molecule has 0 spiro atoms. The highest BCUT2D eigenvalue weighted by molar-refractivity contribution is 9.10. The molecule has 0 saturated carbocycles. The molecule has 4 heteroatoms. The molecule has 110 valence electrons. The van der Waals surface area contributed by atoms with Crippen LogP contribution in [0.5, 0.6) is 0 Å². The minimum atomic E-state index is -0.0912. The second-order valence-electron chi connectivity index (χ2n) is 5.85. The predicted octanol–water partition coefficient (Wildman–Crippen LogP) is 3.96. The lowest BCUT2D eigenvalue weighted by Crippen LogP contribution is -2.46. The van der Waals surface area contributed by atoms with E-state index < -0.39 is 0 Å². The fourth-order valence-electron chi connectivity index (χ4n) is 3.08. The summed E-state index contributed by atoms with van der Waals surface area (Å²) in [6.45, 7) is 8.43. The molecule has 0 radical (unpaired) electrons. The number of anilines is 1. The number of rotatable bonds is 3. The van der Waals surface area contributed by atoms with E-state index in [0.717, 1.165) is 15.7 Å². The van der Waals surface area contributed by atoms with E-state index in [1.54, 1.807) is 0 Å². The molecule has 3 nitrogen and oxygen atoms in total. The largest absolute Gasteiger partial charge is 0.325 e. The lowest BCUT2D eigenvalue weighted by molar-refractivity contribution is -0.121. The second-order valence-corrected chi connectivity index (χ2v) is 6.71. The van der Waals surface area contributed by atoms with Crippen LogP contribution in [0.4, 0.5) is 5.69 Å². The molecule has 1 fully saturated rings. The fourth-order valence-corrected chi connectivity index (χ4v) is 3.33. The van der Waals surface area contributed by atoms with Crippen molar-refractivity contribution >= 4 is 27.5 Å². The number of benzene rings is 1. The van der Waals surface area contributed by atoms with Crippen molar-refractivity contribution in [2.75, 3.05) is 5.32 Å². The number of likely N-dealkylation sites (tertiary alicyclic amines) is 1. The van der Waals surface area contributed by atoms with Crippen molar-refractivity contribution in [2.45, 2.75) is 58.7 Å². The third-order valence-electron chi connectivity index (χ3n) is 4.27. The lowest BCUT2D eigenvalue weighted by atomic mass is 10.2. The van der Waals surface area contributed by atoms with E-state index in [9.17, 15) is 4.79 Å². The molecular formula is C16H23BrN2O. The van der Waals surface area contributed by atoms with E-state index in [2.05, 4.69) is 40.0 Å². The van der Waals surface area contributed by atoms with Gasteiger partial charge in [-0.3, -0.25) is 9.69 Å². The molecule has 0 bridgehead atoms. The van der Waals surface area contributed by atoms with Crippen LogP contribution in [0.2, 0.25) is 0 Å². The van der Waals surface area contributed by atoms with Gasteiger partial charge in [0.25, 0.3) is 0 Å². The Kier molecular flexibility index (Phi) is 4.86. The zero-order chi connectivity index (χ0) is 14.9. The zero-order valence-electron chi connectivity index (χ0n) is 12.6. The quantitative estimate of drug-likeness (QED) is 0.904. The Morgan fingerprint density at radius 1 is 1.35 bits per heavy atom. The molecule has 3 atom stereocenters. The highest BCUT2D eigenvalue weighted by atomic mass is 79.9. The molecule has 1 aliphatic heterocycles. The van der Waals surface area contributed by atoms with Crippen LogP contribution in [0.15, 0.2) is 22.7 Å². The molecule has 2 rings (SSSR count). The molecule has 0 aromatic heterocycles. The van der Waals surface area contributed by atoms with Crippen molar-refractivity contribution in [1.82, 2.24) is 4.90 Å². The average molecular weight is 339 g/mol. The monoisotopic (exact) mass is 338 g/mol. The average Bonchev–Trinajstić information content (AvgIpc) is 2.72. The van der Waals surface area contributed by atoms with Crippen LogP contribution in [0.1, 0.15) is 39.2 Å². The van der Waals surface area contributed by atoms with Crippen LogP contribution in [0, 0.1) is 6.92 Å². The SMILES string of the molecule is Cc1cc(NC(=O)C(C)N2C(C)CCC2C)ccc1Br. The van der Waals surface area contributed by atoms with Crippen molar-refractivity contribution in [3.8, 4) is 0 Å². The molecule has 20 heavy (non-hydrogen) atoms. The molecule has 1 N–H and O–H groups in total. The van der Waals surface area contributed by atoms with Gasteiger partial charge in [0.15, 0.2) is 0 Å². The molecule has 0 aliphatic carbocycles. The van der Waals surface area contributed by atoms with Crippen molar-refractivity contribution in [3.63, 3.8) is 0 Å². The summed E-state index contributed by atoms with van der Waals surface area (Å²) in [7, 11) is 0. The number of hydrogen-bond acceptors (Lipinski definition) is 2. The van der Waals surface area contributed by atoms with Gasteiger partial charge in [0.2, 0.25) is 5.91 Å². The van der Waals surface area contributed by atoms with Crippen molar-refractivity contribution < 1.29 is 4.79 Å². The van der Waals surface area contributed by atoms with Gasteiger partial charge in [-0.05, 0) is 64.3 Å². The summed E-state index contributed by atoms with van der Waals surface area (Å²) in [4.78, 5) is 14.7. The standard InChI is InChI=1S/C16H23BrN2O/c1-10-9-14(7-8-15(10)17)18-16(20)13(4)19-11(2)5-6-12(19)3/h7-9,11-13H,5-6H2,1-4H3,(H,18,20). The number of nitrogens with zero attached hydrogens (tertiary/aromatic N) is 1. The Labute approximate surface area is 129 Å². The number of amides is 1. The van der Waals surface area contributed by atoms with Crippen LogP contribution in [0.3, 0.4) is 0 Å². The molecule has 3 unspecified atom stereocenters. The van der Waals surface area contributed by atoms with E-state index in [1.165, 1.54) is 12.8 Å². The molecule has 1 heterocycles. The predicted molar refractivity (Wildman–Crippen MR) is 87.0 cm³/mol. The van der Waals surface area contributed by atoms with Crippen LogP contribution >= 0.6 is 15.9 Å². The molecule has 1 aliphatic rings. The van der Waals surface area contributed by atoms with E-state index in [1.807, 2.05) is 32.0 Å². The minimum absolute atomic E-state index is 0.0762. The van der Waals surface area contributed by atoms with Crippen molar-refractivity contribution in [1.29, 1.82) is 0 Å². The minimum Gasteiger partial charge on any atom is -0.325 e. The van der Waals surface area contributed by atoms with Gasteiger partial charge in [0.1, 0.15) is 0 Å². The van der Waals surface area contributed by atoms with E-state index in [4.69, 9.17) is 0 Å². The topological polar surface area (TPSA) is 32.3 Å². The third kappa shape index (κ3) is 3.23. The highest BCUT2D eigenvalue weighted by Crippen LogP contribution is 2.27. The number of hydrogen-bond donors (Lipinski definition) is 1. The van der Waals surface area contributed by atoms with Crippen LogP contribution in [-0.4, -0.2) is 28.9 Å². The lowest BCUT2D eigenvalue weighted by Gasteiger charge is -2.31. The van der Waals surface area contributed by atoms with Gasteiger partial charge in [-0.25, -0.2) is 0 Å². The van der Waals surface area contributed by atoms with Gasteiger partial charge in [-0.15, -0.1) is 0 Å². The van der Waals surface area contributed by atoms with Gasteiger partial charge in [-0.2, -0.15) is 0 Å². The van der Waals surface area contributed by atoms with E-state index in [0.29, 0.717) is 12.1 Å². The Balaban J connectivity index is 2.05. The first-order valence-electron chi connectivity index (χ1n) is 7.24. The molecule has 1 aromatic carbocycles. The zero-order valence-corrected chi connectivity index (χ0v) is 14.2. The number of nitrogens with one attached hydrogen (secondary N) is 1. The summed E-state index contributed by atoms with van der Waals surface area (Å²) in [5, 5.41) is 3.03. The Morgan fingerprint density at radius 3 is 2.50 bits per heavy atom. The summed E-state index contributed by atoms with van der Waals surface area (Å²) in [6, 6.07) is 6.77. The summed E-state index contributed by atoms with van der Waals surface area (Å²) in [6.07, 6.45) is 2.35. The summed E-state index contributed by atoms with van der Waals surface area (Å²) in [5.74, 6) is 0.0762. The maximum atomic E-state index is 12.4. The smallest absolute Gasteiger partial charge is 0.241 e. The van der Waals surface area contributed by atoms with Crippen LogP contribution < -0.4 is 5.32 Å². The second kappa shape index (κ2) is 6.27. The van der Waals surface area contributed by atoms with Gasteiger partial charge in [0, 0.05) is 22.2 Å². The number of halogens is 1. The molecular weight excluding hydrogens is 316 g/mol. The maximum absolute atomic E-state index is 12.4. The van der Waals surface area contributed by atoms with Crippen molar-refractivity contribution in [2.24, 2.45) is 0 Å². The first-order valence-corrected chi connectivity index (χ1v) is 8.04. The Morgan fingerprint density at radius 2 is 1.95 bits per heavy atom.